The van der Waals surface area contributed by atoms with Crippen LogP contribution in [0.2, 0.25) is 0 Å². The van der Waals surface area contributed by atoms with Crippen LogP contribution in [0.5, 0.6) is 5.88 Å². The van der Waals surface area contributed by atoms with E-state index < -0.39 is 11.6 Å². The van der Waals surface area contributed by atoms with Crippen molar-refractivity contribution in [1.82, 2.24) is 24.4 Å². The number of nitrogens with zero attached hydrogens (tertiary/aromatic N) is 5. The fourth-order valence-electron chi connectivity index (χ4n) is 4.67. The number of aromatic nitrogens is 4. The van der Waals surface area contributed by atoms with Crippen molar-refractivity contribution in [2.24, 2.45) is 0 Å². The summed E-state index contributed by atoms with van der Waals surface area (Å²) in [6, 6.07) is 8.12. The van der Waals surface area contributed by atoms with Crippen molar-refractivity contribution >= 4 is 22.7 Å². The number of ether oxygens (including phenoxy) is 3. The van der Waals surface area contributed by atoms with E-state index in [-0.39, 0.29) is 18.2 Å². The third kappa shape index (κ3) is 5.45. The van der Waals surface area contributed by atoms with E-state index in [4.69, 9.17) is 14.2 Å². The van der Waals surface area contributed by atoms with Crippen molar-refractivity contribution in [2.45, 2.75) is 25.5 Å². The standard InChI is InChI=1S/C27H28F2N6O3/c28-23-13-20(14-24(29)22(23)17-34-7-11-37-12-8-34)35-6-3-18-15-31-27(33-26(18)35)32-19-1-2-25(30-16-19)38-21-4-9-36-10-5-21/h1-3,6,13-16,21H,4-5,7-12,17H2,(H,31,32,33). The summed E-state index contributed by atoms with van der Waals surface area (Å²) in [5.74, 6) is -0.291. The molecule has 38 heavy (non-hydrogen) atoms. The third-order valence-corrected chi connectivity index (χ3v) is 6.76. The lowest BCUT2D eigenvalue weighted by Crippen LogP contribution is -2.36. The zero-order valence-corrected chi connectivity index (χ0v) is 20.8. The lowest BCUT2D eigenvalue weighted by atomic mass is 10.1. The predicted octanol–water partition coefficient (Wildman–Crippen LogP) is 4.23. The summed E-state index contributed by atoms with van der Waals surface area (Å²) < 4.78 is 48.3. The Labute approximate surface area is 218 Å². The minimum absolute atomic E-state index is 0.0563. The number of hydrogen-bond donors (Lipinski definition) is 1. The van der Waals surface area contributed by atoms with E-state index >= 15 is 8.78 Å². The van der Waals surface area contributed by atoms with Crippen LogP contribution in [0.4, 0.5) is 20.4 Å². The summed E-state index contributed by atoms with van der Waals surface area (Å²) in [6.07, 6.45) is 6.84. The van der Waals surface area contributed by atoms with Gasteiger partial charge in [-0.2, -0.15) is 4.98 Å². The van der Waals surface area contributed by atoms with Gasteiger partial charge in [-0.25, -0.2) is 18.7 Å². The SMILES string of the molecule is Fc1cc(-n2ccc3cnc(Nc4ccc(OC5CCOCC5)nc4)nc32)cc(F)c1CN1CCOCC1. The maximum atomic E-state index is 15.0. The summed E-state index contributed by atoms with van der Waals surface area (Å²) >= 11 is 0. The molecule has 4 aromatic rings. The van der Waals surface area contributed by atoms with Crippen molar-refractivity contribution in [2.75, 3.05) is 44.8 Å². The maximum Gasteiger partial charge on any atom is 0.229 e. The summed E-state index contributed by atoms with van der Waals surface area (Å²) in [4.78, 5) is 15.3. The smallest absolute Gasteiger partial charge is 0.229 e. The topological polar surface area (TPSA) is 86.6 Å². The Balaban J connectivity index is 1.19. The average molecular weight is 523 g/mol. The Bertz CT molecular complexity index is 1380. The molecule has 0 atom stereocenters. The van der Waals surface area contributed by atoms with Gasteiger partial charge in [0.2, 0.25) is 11.8 Å². The van der Waals surface area contributed by atoms with Crippen molar-refractivity contribution in [3.8, 4) is 11.6 Å². The second-order valence-electron chi connectivity index (χ2n) is 9.37. The normalized spacial score (nSPS) is 17.1. The molecular weight excluding hydrogens is 494 g/mol. The van der Waals surface area contributed by atoms with Gasteiger partial charge in [-0.1, -0.05) is 0 Å². The summed E-state index contributed by atoms with van der Waals surface area (Å²) in [7, 11) is 0. The van der Waals surface area contributed by atoms with E-state index in [1.807, 2.05) is 11.0 Å². The van der Waals surface area contributed by atoms with Gasteiger partial charge in [-0.3, -0.25) is 4.90 Å². The molecule has 1 aromatic carbocycles. The van der Waals surface area contributed by atoms with Crippen molar-refractivity contribution < 1.29 is 23.0 Å². The predicted molar refractivity (Wildman–Crippen MR) is 137 cm³/mol. The van der Waals surface area contributed by atoms with Crippen LogP contribution in [0, 0.1) is 11.6 Å². The molecule has 0 saturated carbocycles. The average Bonchev–Trinajstić information content (AvgIpc) is 3.36. The Morgan fingerprint density at radius 1 is 0.947 bits per heavy atom. The van der Waals surface area contributed by atoms with Crippen LogP contribution in [-0.4, -0.2) is 70.0 Å². The second kappa shape index (κ2) is 11.0. The number of pyridine rings is 1. The van der Waals surface area contributed by atoms with Crippen molar-refractivity contribution in [1.29, 1.82) is 0 Å². The van der Waals surface area contributed by atoms with Crippen LogP contribution in [0.25, 0.3) is 16.7 Å². The molecule has 5 heterocycles. The fraction of sp³-hybridized carbons (Fsp3) is 0.370. The lowest BCUT2D eigenvalue weighted by Gasteiger charge is -2.27. The van der Waals surface area contributed by atoms with Crippen LogP contribution in [0.15, 0.2) is 48.9 Å². The highest BCUT2D eigenvalue weighted by Gasteiger charge is 2.19. The van der Waals surface area contributed by atoms with Gasteiger partial charge in [0.1, 0.15) is 23.4 Å². The van der Waals surface area contributed by atoms with Crippen LogP contribution in [0.1, 0.15) is 18.4 Å². The van der Waals surface area contributed by atoms with Crippen LogP contribution >= 0.6 is 0 Å². The molecule has 1 N–H and O–H groups in total. The van der Waals surface area contributed by atoms with Crippen LogP contribution in [0.3, 0.4) is 0 Å². The van der Waals surface area contributed by atoms with Crippen LogP contribution in [-0.2, 0) is 16.0 Å². The monoisotopic (exact) mass is 522 g/mol. The molecule has 0 unspecified atom stereocenters. The first kappa shape index (κ1) is 24.7. The molecule has 0 spiro atoms. The minimum Gasteiger partial charge on any atom is -0.474 e. The van der Waals surface area contributed by atoms with Gasteiger partial charge in [0.25, 0.3) is 0 Å². The number of rotatable bonds is 7. The van der Waals surface area contributed by atoms with E-state index in [9.17, 15) is 0 Å². The molecule has 3 aromatic heterocycles. The molecule has 2 fully saturated rings. The highest BCUT2D eigenvalue weighted by Crippen LogP contribution is 2.25. The Kier molecular flexibility index (Phi) is 7.12. The molecule has 0 amide bonds. The zero-order valence-electron chi connectivity index (χ0n) is 20.8. The quantitative estimate of drug-likeness (QED) is 0.386. The van der Waals surface area contributed by atoms with Gasteiger partial charge in [0.05, 0.1) is 44.0 Å². The highest BCUT2D eigenvalue weighted by molar-refractivity contribution is 5.78. The van der Waals surface area contributed by atoms with Gasteiger partial charge in [0, 0.05) is 61.9 Å². The summed E-state index contributed by atoms with van der Waals surface area (Å²) in [5, 5.41) is 3.88. The molecule has 198 valence electrons. The molecule has 9 nitrogen and oxygen atoms in total. The van der Waals surface area contributed by atoms with Gasteiger partial charge in [-0.15, -0.1) is 0 Å². The van der Waals surface area contributed by atoms with Gasteiger partial charge >= 0.3 is 0 Å². The van der Waals surface area contributed by atoms with Gasteiger partial charge < -0.3 is 24.1 Å². The minimum atomic E-state index is -0.588. The Morgan fingerprint density at radius 2 is 1.71 bits per heavy atom. The molecule has 2 saturated heterocycles. The van der Waals surface area contributed by atoms with Crippen molar-refractivity contribution in [3.05, 3.63) is 66.1 Å². The lowest BCUT2D eigenvalue weighted by molar-refractivity contribution is 0.0237. The third-order valence-electron chi connectivity index (χ3n) is 6.76. The number of anilines is 2. The fourth-order valence-corrected chi connectivity index (χ4v) is 4.67. The summed E-state index contributed by atoms with van der Waals surface area (Å²) in [5.41, 5.74) is 1.61. The number of fused-ring (bicyclic) bond motifs is 1. The van der Waals surface area contributed by atoms with E-state index in [1.54, 1.807) is 35.3 Å². The first-order valence-electron chi connectivity index (χ1n) is 12.7. The molecule has 11 heteroatoms. The molecule has 0 bridgehead atoms. The number of halogens is 2. The zero-order chi connectivity index (χ0) is 25.9. The Hall–Kier alpha value is -3.67. The largest absolute Gasteiger partial charge is 0.474 e. The first-order chi connectivity index (χ1) is 18.6. The molecular formula is C27H28F2N6O3. The maximum absolute atomic E-state index is 15.0. The van der Waals surface area contributed by atoms with E-state index in [0.717, 1.165) is 18.2 Å². The van der Waals surface area contributed by atoms with E-state index in [0.29, 0.717) is 68.4 Å². The van der Waals surface area contributed by atoms with Crippen molar-refractivity contribution in [3.63, 3.8) is 0 Å². The van der Waals surface area contributed by atoms with Crippen LogP contribution < -0.4 is 10.1 Å². The Morgan fingerprint density at radius 3 is 2.45 bits per heavy atom. The summed E-state index contributed by atoms with van der Waals surface area (Å²) in [6.45, 7) is 4.03. The molecule has 0 radical (unpaired) electrons. The molecule has 0 aliphatic carbocycles. The first-order valence-corrected chi connectivity index (χ1v) is 12.7. The number of nitrogens with one attached hydrogen (secondary N) is 1. The number of morpholine rings is 1. The van der Waals surface area contributed by atoms with E-state index in [1.165, 1.54) is 12.1 Å². The highest BCUT2D eigenvalue weighted by atomic mass is 19.1. The number of benzene rings is 1. The van der Waals surface area contributed by atoms with Gasteiger partial charge in [-0.05, 0) is 24.3 Å². The molecule has 2 aliphatic heterocycles. The molecule has 6 rings (SSSR count). The molecule has 2 aliphatic rings. The second-order valence-corrected chi connectivity index (χ2v) is 9.37. The van der Waals surface area contributed by atoms with E-state index in [2.05, 4.69) is 20.3 Å². The van der Waals surface area contributed by atoms with Gasteiger partial charge in [0.15, 0.2) is 0 Å². The number of hydrogen-bond acceptors (Lipinski definition) is 8.